The van der Waals surface area contributed by atoms with E-state index in [2.05, 4.69) is 15.8 Å². The van der Waals surface area contributed by atoms with Crippen LogP contribution >= 0.6 is 0 Å². The van der Waals surface area contributed by atoms with E-state index in [-0.39, 0.29) is 11.8 Å². The minimum Gasteiger partial charge on any atom is -0.325 e. The van der Waals surface area contributed by atoms with E-state index < -0.39 is 5.92 Å². The molecule has 0 aliphatic rings. The fraction of sp³-hybridized carbons (Fsp3) is 0.500. The summed E-state index contributed by atoms with van der Waals surface area (Å²) in [6.07, 6.45) is 0. The summed E-state index contributed by atoms with van der Waals surface area (Å²) in [6, 6.07) is 9.29. The third-order valence-electron chi connectivity index (χ3n) is 3.38. The molecule has 0 fully saturated rings. The maximum atomic E-state index is 12.6. The van der Waals surface area contributed by atoms with Crippen molar-refractivity contribution in [2.45, 2.75) is 6.92 Å². The lowest BCUT2D eigenvalue weighted by Crippen LogP contribution is -2.43. The van der Waals surface area contributed by atoms with Crippen LogP contribution in [-0.4, -0.2) is 75.2 Å². The van der Waals surface area contributed by atoms with Crippen molar-refractivity contribution in [3.8, 4) is 0 Å². The molecule has 2 amide bonds. The van der Waals surface area contributed by atoms with Crippen molar-refractivity contribution in [3.63, 3.8) is 0 Å². The summed E-state index contributed by atoms with van der Waals surface area (Å²) in [5.74, 6) is -0.791. The number of benzene rings is 1. The van der Waals surface area contributed by atoms with Gasteiger partial charge in [0, 0.05) is 17.9 Å². The van der Waals surface area contributed by atoms with Gasteiger partial charge in [-0.15, -0.1) is 0 Å². The fourth-order valence-electron chi connectivity index (χ4n) is 2.22. The van der Waals surface area contributed by atoms with Gasteiger partial charge in [-0.2, -0.15) is 5.10 Å². The van der Waals surface area contributed by atoms with Gasteiger partial charge >= 0.3 is 0 Å². The molecule has 25 heavy (non-hydrogen) atoms. The number of quaternary nitrogens is 1. The van der Waals surface area contributed by atoms with Gasteiger partial charge in [-0.1, -0.05) is 18.2 Å². The smallest absolute Gasteiger partial charge is 0.295 e. The van der Waals surface area contributed by atoms with Gasteiger partial charge in [0.05, 0.1) is 27.1 Å². The quantitative estimate of drug-likeness (QED) is 0.418. The molecule has 1 aromatic rings. The number of carbonyl (C=O) groups is 2. The molecule has 0 unspecified atom stereocenters. The van der Waals surface area contributed by atoms with Crippen molar-refractivity contribution >= 4 is 23.2 Å². The Hall–Kier alpha value is -2.25. The normalized spacial score (nSPS) is 13.5. The van der Waals surface area contributed by atoms with Gasteiger partial charge in [0.25, 0.3) is 5.91 Å². The van der Waals surface area contributed by atoms with E-state index in [0.29, 0.717) is 23.3 Å². The third kappa shape index (κ3) is 8.42. The molecule has 0 saturated heterocycles. The van der Waals surface area contributed by atoms with Crippen molar-refractivity contribution in [3.05, 3.63) is 30.3 Å². The van der Waals surface area contributed by atoms with Crippen LogP contribution in [0.4, 0.5) is 5.69 Å². The largest absolute Gasteiger partial charge is 0.325 e. The Morgan fingerprint density at radius 2 is 1.76 bits per heavy atom. The zero-order valence-corrected chi connectivity index (χ0v) is 16.0. The fourth-order valence-corrected chi connectivity index (χ4v) is 2.22. The highest BCUT2D eigenvalue weighted by Crippen LogP contribution is 2.10. The van der Waals surface area contributed by atoms with E-state index in [0.717, 1.165) is 5.69 Å². The average Bonchev–Trinajstić information content (AvgIpc) is 2.49. The predicted octanol–water partition coefficient (Wildman–Crippen LogP) is 1.00. The lowest BCUT2D eigenvalue weighted by atomic mass is 10.0. The maximum absolute atomic E-state index is 12.6. The number of nitrogens with zero attached hydrogens (tertiary/aromatic N) is 3. The van der Waals surface area contributed by atoms with E-state index in [1.807, 2.05) is 70.5 Å². The number of carbonyl (C=O) groups excluding carboxylic acids is 2. The first-order valence-electron chi connectivity index (χ1n) is 8.22. The molecule has 0 aliphatic carbocycles. The Kier molecular flexibility index (Phi) is 7.73. The Bertz CT molecular complexity index is 606. The number of hydrazone groups is 1. The minimum atomic E-state index is -0.459. The molecule has 7 nitrogen and oxygen atoms in total. The van der Waals surface area contributed by atoms with Gasteiger partial charge in [0.2, 0.25) is 5.91 Å². The molecule has 138 valence electrons. The third-order valence-corrected chi connectivity index (χ3v) is 3.38. The van der Waals surface area contributed by atoms with Gasteiger partial charge in [-0.05, 0) is 33.2 Å². The van der Waals surface area contributed by atoms with Gasteiger partial charge in [-0.25, -0.2) is 5.43 Å². The first-order valence-corrected chi connectivity index (χ1v) is 8.22. The molecule has 0 aromatic heterocycles. The summed E-state index contributed by atoms with van der Waals surface area (Å²) < 4.78 is 0.510. The minimum absolute atomic E-state index is 0.151. The molecular formula is C18H30N5O2+. The van der Waals surface area contributed by atoms with Crippen LogP contribution in [-0.2, 0) is 9.59 Å². The van der Waals surface area contributed by atoms with Gasteiger partial charge in [0.15, 0.2) is 6.54 Å². The van der Waals surface area contributed by atoms with Crippen LogP contribution in [0.1, 0.15) is 6.92 Å². The van der Waals surface area contributed by atoms with E-state index in [4.69, 9.17) is 0 Å². The number of hydrogen-bond donors (Lipinski definition) is 2. The monoisotopic (exact) mass is 348 g/mol. The van der Waals surface area contributed by atoms with Crippen LogP contribution in [0, 0.1) is 5.92 Å². The Morgan fingerprint density at radius 3 is 2.28 bits per heavy atom. The number of likely N-dealkylation sites (N-methyl/N-ethyl adjacent to an activating group) is 1. The van der Waals surface area contributed by atoms with Crippen molar-refractivity contribution in [1.29, 1.82) is 0 Å². The van der Waals surface area contributed by atoms with Crippen LogP contribution in [0.2, 0.25) is 0 Å². The highest BCUT2D eigenvalue weighted by Gasteiger charge is 2.23. The molecule has 0 saturated carbocycles. The highest BCUT2D eigenvalue weighted by molar-refractivity contribution is 6.08. The van der Waals surface area contributed by atoms with Gasteiger partial charge in [0.1, 0.15) is 0 Å². The maximum Gasteiger partial charge on any atom is 0.295 e. The molecule has 7 heteroatoms. The molecule has 1 atom stereocenters. The Labute approximate surface area is 150 Å². The average molecular weight is 348 g/mol. The summed E-state index contributed by atoms with van der Waals surface area (Å²) in [5.41, 5.74) is 3.85. The van der Waals surface area contributed by atoms with Crippen molar-refractivity contribution in [2.75, 3.05) is 53.6 Å². The zero-order valence-electron chi connectivity index (χ0n) is 16.0. The second kappa shape index (κ2) is 9.29. The second-order valence-corrected chi connectivity index (χ2v) is 7.41. The van der Waals surface area contributed by atoms with Gasteiger partial charge < -0.3 is 14.7 Å². The molecule has 0 aliphatic heterocycles. The van der Waals surface area contributed by atoms with E-state index >= 15 is 0 Å². The molecule has 1 rings (SSSR count). The number of hydrogen-bond acceptors (Lipinski definition) is 4. The highest BCUT2D eigenvalue weighted by atomic mass is 16.2. The molecule has 0 bridgehead atoms. The number of amides is 2. The second-order valence-electron chi connectivity index (χ2n) is 7.41. The molecule has 0 radical (unpaired) electrons. The van der Waals surface area contributed by atoms with Crippen molar-refractivity contribution in [2.24, 2.45) is 11.0 Å². The van der Waals surface area contributed by atoms with Gasteiger partial charge in [-0.3, -0.25) is 9.59 Å². The lowest BCUT2D eigenvalue weighted by Gasteiger charge is -2.23. The molecule has 0 heterocycles. The SMILES string of the molecule is C/C(=N/NC(=O)C[N+](C)(C)C)[C@H](CN(C)C)C(=O)Nc1ccccc1. The van der Waals surface area contributed by atoms with Crippen molar-refractivity contribution < 1.29 is 14.1 Å². The molecule has 2 N–H and O–H groups in total. The number of rotatable bonds is 8. The summed E-state index contributed by atoms with van der Waals surface area (Å²) in [4.78, 5) is 26.5. The predicted molar refractivity (Wildman–Crippen MR) is 101 cm³/mol. The number of para-hydroxylation sites is 1. The summed E-state index contributed by atoms with van der Waals surface area (Å²) in [6.45, 7) is 2.56. The molecule has 0 spiro atoms. The Morgan fingerprint density at radius 1 is 1.16 bits per heavy atom. The standard InChI is InChI=1S/C18H29N5O2/c1-14(20-21-17(24)13-23(4,5)6)16(12-22(2)3)18(25)19-15-10-8-7-9-11-15/h7-11,16H,12-13H2,1-6H3,(H-,19,21,24,25)/p+1/b20-14-/t16-/m0/s1. The first kappa shape index (κ1) is 20.8. The summed E-state index contributed by atoms with van der Waals surface area (Å²) in [7, 11) is 9.58. The molecular weight excluding hydrogens is 318 g/mol. The number of anilines is 1. The van der Waals surface area contributed by atoms with Crippen LogP contribution in [0.3, 0.4) is 0 Å². The van der Waals surface area contributed by atoms with Crippen molar-refractivity contribution in [1.82, 2.24) is 10.3 Å². The topological polar surface area (TPSA) is 73.8 Å². The molecule has 1 aromatic carbocycles. The van der Waals surface area contributed by atoms with Crippen LogP contribution < -0.4 is 10.7 Å². The Balaban J connectivity index is 2.80. The van der Waals surface area contributed by atoms with E-state index in [9.17, 15) is 9.59 Å². The summed E-state index contributed by atoms with van der Waals surface area (Å²) in [5, 5.41) is 7.04. The van der Waals surface area contributed by atoms with Crippen LogP contribution in [0.15, 0.2) is 35.4 Å². The van der Waals surface area contributed by atoms with Crippen LogP contribution in [0.25, 0.3) is 0 Å². The van der Waals surface area contributed by atoms with E-state index in [1.165, 1.54) is 0 Å². The number of nitrogens with one attached hydrogen (secondary N) is 2. The summed E-state index contributed by atoms with van der Waals surface area (Å²) >= 11 is 0. The van der Waals surface area contributed by atoms with Crippen LogP contribution in [0.5, 0.6) is 0 Å². The zero-order chi connectivity index (χ0) is 19.0. The van der Waals surface area contributed by atoms with E-state index in [1.54, 1.807) is 6.92 Å². The first-order chi connectivity index (χ1) is 11.6. The lowest BCUT2D eigenvalue weighted by molar-refractivity contribution is -0.862.